The van der Waals surface area contributed by atoms with Crippen molar-refractivity contribution in [2.24, 2.45) is 0 Å². The van der Waals surface area contributed by atoms with E-state index in [1.807, 2.05) is 4.90 Å². The molecule has 0 aliphatic carbocycles. The third kappa shape index (κ3) is 3.17. The molecule has 1 amide bonds. The highest BCUT2D eigenvalue weighted by Crippen LogP contribution is 2.21. The van der Waals surface area contributed by atoms with Crippen molar-refractivity contribution >= 4 is 16.8 Å². The van der Waals surface area contributed by atoms with Crippen molar-refractivity contribution in [3.8, 4) is 0 Å². The molecule has 2 aromatic rings. The number of carbonyl (C=O) groups excluding carboxylic acids is 1. The van der Waals surface area contributed by atoms with E-state index in [0.717, 1.165) is 52.0 Å². The van der Waals surface area contributed by atoms with Crippen molar-refractivity contribution in [1.29, 1.82) is 0 Å². The predicted octanol–water partition coefficient (Wildman–Crippen LogP) is 2.76. The molecular formula is C18H25N3O. The van der Waals surface area contributed by atoms with E-state index < -0.39 is 0 Å². The summed E-state index contributed by atoms with van der Waals surface area (Å²) in [6, 6.07) is 8.58. The Labute approximate surface area is 132 Å². The summed E-state index contributed by atoms with van der Waals surface area (Å²) in [5.41, 5.74) is 2.67. The smallest absolute Gasteiger partial charge is 0.222 e. The molecule has 2 heterocycles. The Hall–Kier alpha value is -1.81. The molecule has 1 aromatic heterocycles. The maximum atomic E-state index is 11.5. The Morgan fingerprint density at radius 1 is 1.27 bits per heavy atom. The molecule has 0 radical (unpaired) electrons. The van der Waals surface area contributed by atoms with Crippen molar-refractivity contribution in [3.63, 3.8) is 0 Å². The first-order valence-corrected chi connectivity index (χ1v) is 8.35. The Balaban J connectivity index is 1.50. The van der Waals surface area contributed by atoms with Crippen LogP contribution in [-0.4, -0.2) is 35.0 Å². The van der Waals surface area contributed by atoms with Gasteiger partial charge in [0.05, 0.1) is 0 Å². The lowest BCUT2D eigenvalue weighted by Gasteiger charge is -2.15. The number of aryl methyl sites for hydroxylation is 1. The summed E-state index contributed by atoms with van der Waals surface area (Å²) >= 11 is 0. The summed E-state index contributed by atoms with van der Waals surface area (Å²) in [6.07, 6.45) is 5.05. The fourth-order valence-corrected chi connectivity index (χ4v) is 3.28. The Morgan fingerprint density at radius 2 is 2.14 bits per heavy atom. The Morgan fingerprint density at radius 3 is 2.91 bits per heavy atom. The molecule has 0 bridgehead atoms. The number of fused-ring (bicyclic) bond motifs is 1. The third-order valence-corrected chi connectivity index (χ3v) is 4.48. The first kappa shape index (κ1) is 15.1. The number of hydrogen-bond donors (Lipinski definition) is 1. The van der Waals surface area contributed by atoms with Crippen LogP contribution in [0.15, 0.2) is 30.5 Å². The van der Waals surface area contributed by atoms with Crippen LogP contribution >= 0.6 is 0 Å². The van der Waals surface area contributed by atoms with E-state index in [-0.39, 0.29) is 0 Å². The standard InChI is InChI=1S/C18H25N3O/c1-2-20-14-15(16-7-3-4-8-17(16)20)13-19-10-6-12-21-11-5-9-18(21)22/h3-4,7-8,14,19H,2,5-6,9-13H2,1H3. The lowest BCUT2D eigenvalue weighted by Crippen LogP contribution is -2.28. The minimum absolute atomic E-state index is 0.325. The Kier molecular flexibility index (Phi) is 4.78. The molecule has 1 N–H and O–H groups in total. The zero-order chi connectivity index (χ0) is 15.4. The lowest BCUT2D eigenvalue weighted by molar-refractivity contribution is -0.127. The van der Waals surface area contributed by atoms with Crippen LogP contribution in [0.5, 0.6) is 0 Å². The maximum absolute atomic E-state index is 11.5. The summed E-state index contributed by atoms with van der Waals surface area (Å²) < 4.78 is 2.30. The number of carbonyl (C=O) groups is 1. The van der Waals surface area contributed by atoms with E-state index in [1.54, 1.807) is 0 Å². The Bertz CT molecular complexity index is 647. The molecule has 22 heavy (non-hydrogen) atoms. The summed E-state index contributed by atoms with van der Waals surface area (Å²) in [4.78, 5) is 13.5. The summed E-state index contributed by atoms with van der Waals surface area (Å²) in [5, 5.41) is 4.86. The number of benzene rings is 1. The number of aromatic nitrogens is 1. The van der Waals surface area contributed by atoms with Crippen molar-refractivity contribution in [3.05, 3.63) is 36.0 Å². The highest BCUT2D eigenvalue weighted by atomic mass is 16.2. The molecule has 0 atom stereocenters. The largest absolute Gasteiger partial charge is 0.347 e. The molecule has 118 valence electrons. The van der Waals surface area contributed by atoms with Crippen molar-refractivity contribution in [2.75, 3.05) is 19.6 Å². The van der Waals surface area contributed by atoms with Gasteiger partial charge in [0.1, 0.15) is 0 Å². The molecule has 0 saturated carbocycles. The van der Waals surface area contributed by atoms with E-state index in [1.165, 1.54) is 16.5 Å². The first-order valence-electron chi connectivity index (χ1n) is 8.35. The average molecular weight is 299 g/mol. The second kappa shape index (κ2) is 6.97. The fourth-order valence-electron chi connectivity index (χ4n) is 3.28. The van der Waals surface area contributed by atoms with Crippen LogP contribution in [0, 0.1) is 0 Å². The van der Waals surface area contributed by atoms with E-state index >= 15 is 0 Å². The van der Waals surface area contributed by atoms with Gasteiger partial charge in [-0.3, -0.25) is 4.79 Å². The van der Waals surface area contributed by atoms with Gasteiger partial charge in [0, 0.05) is 49.7 Å². The minimum Gasteiger partial charge on any atom is -0.347 e. The van der Waals surface area contributed by atoms with Gasteiger partial charge >= 0.3 is 0 Å². The molecule has 4 nitrogen and oxygen atoms in total. The highest BCUT2D eigenvalue weighted by Gasteiger charge is 2.18. The molecule has 0 spiro atoms. The second-order valence-electron chi connectivity index (χ2n) is 5.97. The van der Waals surface area contributed by atoms with Crippen LogP contribution in [0.4, 0.5) is 0 Å². The van der Waals surface area contributed by atoms with Gasteiger partial charge in [0.25, 0.3) is 0 Å². The van der Waals surface area contributed by atoms with Gasteiger partial charge in [-0.05, 0) is 37.9 Å². The lowest BCUT2D eigenvalue weighted by atomic mass is 10.2. The van der Waals surface area contributed by atoms with E-state index in [2.05, 4.69) is 47.3 Å². The first-order chi connectivity index (χ1) is 10.8. The predicted molar refractivity (Wildman–Crippen MR) is 89.7 cm³/mol. The van der Waals surface area contributed by atoms with Crippen LogP contribution in [0.25, 0.3) is 10.9 Å². The topological polar surface area (TPSA) is 37.3 Å². The molecule has 1 fully saturated rings. The van der Waals surface area contributed by atoms with Crippen LogP contribution in [0.1, 0.15) is 31.7 Å². The highest BCUT2D eigenvalue weighted by molar-refractivity contribution is 5.83. The van der Waals surface area contributed by atoms with E-state index in [9.17, 15) is 4.79 Å². The van der Waals surface area contributed by atoms with Gasteiger partial charge in [0.15, 0.2) is 0 Å². The normalized spacial score (nSPS) is 15.1. The van der Waals surface area contributed by atoms with Gasteiger partial charge in [-0.15, -0.1) is 0 Å². The SMILES string of the molecule is CCn1cc(CNCCCN2CCCC2=O)c2ccccc21. The molecule has 0 unspecified atom stereocenters. The second-order valence-corrected chi connectivity index (χ2v) is 5.97. The number of para-hydroxylation sites is 1. The maximum Gasteiger partial charge on any atom is 0.222 e. The zero-order valence-corrected chi connectivity index (χ0v) is 13.3. The molecule has 1 saturated heterocycles. The monoisotopic (exact) mass is 299 g/mol. The number of rotatable bonds is 7. The van der Waals surface area contributed by atoms with Crippen molar-refractivity contribution in [2.45, 2.75) is 39.3 Å². The van der Waals surface area contributed by atoms with E-state index in [0.29, 0.717) is 5.91 Å². The molecule has 1 aromatic carbocycles. The van der Waals surface area contributed by atoms with Crippen molar-refractivity contribution in [1.82, 2.24) is 14.8 Å². The van der Waals surface area contributed by atoms with Gasteiger partial charge < -0.3 is 14.8 Å². The molecule has 1 aliphatic heterocycles. The molecule has 3 rings (SSSR count). The number of nitrogens with zero attached hydrogens (tertiary/aromatic N) is 2. The fraction of sp³-hybridized carbons (Fsp3) is 0.500. The number of likely N-dealkylation sites (tertiary alicyclic amines) is 1. The van der Waals surface area contributed by atoms with E-state index in [4.69, 9.17) is 0 Å². The van der Waals surface area contributed by atoms with Gasteiger partial charge in [0.2, 0.25) is 5.91 Å². The quantitative estimate of drug-likeness (QED) is 0.798. The molecular weight excluding hydrogens is 274 g/mol. The molecule has 1 aliphatic rings. The van der Waals surface area contributed by atoms with Crippen molar-refractivity contribution < 1.29 is 4.79 Å². The van der Waals surface area contributed by atoms with Crippen LogP contribution < -0.4 is 5.32 Å². The minimum atomic E-state index is 0.325. The summed E-state index contributed by atoms with van der Waals surface area (Å²) in [6.45, 7) is 6.86. The van der Waals surface area contributed by atoms with Crippen LogP contribution in [-0.2, 0) is 17.9 Å². The number of amides is 1. The van der Waals surface area contributed by atoms with Crippen LogP contribution in [0.2, 0.25) is 0 Å². The van der Waals surface area contributed by atoms with Gasteiger partial charge in [-0.1, -0.05) is 18.2 Å². The third-order valence-electron chi connectivity index (χ3n) is 4.48. The zero-order valence-electron chi connectivity index (χ0n) is 13.3. The average Bonchev–Trinajstić information content (AvgIpc) is 3.11. The molecule has 4 heteroatoms. The van der Waals surface area contributed by atoms with Crippen LogP contribution in [0.3, 0.4) is 0 Å². The number of hydrogen-bond acceptors (Lipinski definition) is 2. The van der Waals surface area contributed by atoms with Gasteiger partial charge in [-0.2, -0.15) is 0 Å². The van der Waals surface area contributed by atoms with Gasteiger partial charge in [-0.25, -0.2) is 0 Å². The summed E-state index contributed by atoms with van der Waals surface area (Å²) in [7, 11) is 0. The number of nitrogens with one attached hydrogen (secondary N) is 1. The summed E-state index contributed by atoms with van der Waals surface area (Å²) in [5.74, 6) is 0.325.